The Morgan fingerprint density at radius 2 is 1.88 bits per heavy atom. The quantitative estimate of drug-likeness (QED) is 0.870. The molecule has 4 rings (SSSR count). The van der Waals surface area contributed by atoms with Gasteiger partial charge in [0.05, 0.1) is 5.69 Å². The lowest BCUT2D eigenvalue weighted by atomic mass is 10.0. The first-order valence-electron chi connectivity index (χ1n) is 8.36. The number of rotatable bonds is 3. The SMILES string of the molecule is O=C(c1cccc(F)c1)N1C[C@H]2CN(Cc3ccccn3)C[C@H]2C1. The molecule has 124 valence electrons. The van der Waals surface area contributed by atoms with Gasteiger partial charge in [0.15, 0.2) is 0 Å². The minimum absolute atomic E-state index is 0.0554. The molecule has 0 N–H and O–H groups in total. The zero-order valence-electron chi connectivity index (χ0n) is 13.4. The van der Waals surface area contributed by atoms with E-state index in [1.54, 1.807) is 12.1 Å². The smallest absolute Gasteiger partial charge is 0.253 e. The Balaban J connectivity index is 1.37. The molecule has 0 bridgehead atoms. The molecule has 5 heteroatoms. The Morgan fingerprint density at radius 3 is 2.54 bits per heavy atom. The van der Waals surface area contributed by atoms with Crippen LogP contribution in [0.1, 0.15) is 16.1 Å². The number of hydrogen-bond donors (Lipinski definition) is 0. The highest BCUT2D eigenvalue weighted by Crippen LogP contribution is 2.32. The number of pyridine rings is 1. The molecular formula is C19H20FN3O. The first-order chi connectivity index (χ1) is 11.7. The third-order valence-electron chi connectivity index (χ3n) is 5.03. The lowest BCUT2D eigenvalue weighted by Crippen LogP contribution is -2.33. The zero-order valence-corrected chi connectivity index (χ0v) is 13.4. The van der Waals surface area contributed by atoms with Gasteiger partial charge in [0.1, 0.15) is 5.82 Å². The summed E-state index contributed by atoms with van der Waals surface area (Å²) >= 11 is 0. The van der Waals surface area contributed by atoms with Crippen molar-refractivity contribution in [3.63, 3.8) is 0 Å². The van der Waals surface area contributed by atoms with Gasteiger partial charge in [-0.2, -0.15) is 0 Å². The summed E-state index contributed by atoms with van der Waals surface area (Å²) in [5, 5.41) is 0. The van der Waals surface area contributed by atoms with Gasteiger partial charge < -0.3 is 4.90 Å². The molecule has 0 spiro atoms. The van der Waals surface area contributed by atoms with E-state index in [9.17, 15) is 9.18 Å². The van der Waals surface area contributed by atoms with Crippen LogP contribution in [-0.4, -0.2) is 46.9 Å². The Morgan fingerprint density at radius 1 is 1.08 bits per heavy atom. The highest BCUT2D eigenvalue weighted by molar-refractivity contribution is 5.94. The summed E-state index contributed by atoms with van der Waals surface area (Å²) in [6.45, 7) is 4.38. The van der Waals surface area contributed by atoms with Gasteiger partial charge in [0.25, 0.3) is 5.91 Å². The maximum atomic E-state index is 13.3. The molecule has 3 heterocycles. The van der Waals surface area contributed by atoms with Crippen molar-refractivity contribution in [1.29, 1.82) is 0 Å². The van der Waals surface area contributed by atoms with Crippen molar-refractivity contribution in [2.45, 2.75) is 6.54 Å². The Bertz CT molecular complexity index is 722. The van der Waals surface area contributed by atoms with Crippen LogP contribution in [0, 0.1) is 17.7 Å². The van der Waals surface area contributed by atoms with Crippen LogP contribution in [0.25, 0.3) is 0 Å². The molecule has 0 unspecified atom stereocenters. The maximum Gasteiger partial charge on any atom is 0.253 e. The Kier molecular flexibility index (Phi) is 4.02. The second-order valence-corrected chi connectivity index (χ2v) is 6.76. The number of nitrogens with zero attached hydrogens (tertiary/aromatic N) is 3. The van der Waals surface area contributed by atoms with Crippen LogP contribution in [0.15, 0.2) is 48.7 Å². The molecule has 0 aliphatic carbocycles. The monoisotopic (exact) mass is 325 g/mol. The van der Waals surface area contributed by atoms with Crippen molar-refractivity contribution in [2.24, 2.45) is 11.8 Å². The summed E-state index contributed by atoms with van der Waals surface area (Å²) < 4.78 is 13.3. The standard InChI is InChI=1S/C19H20FN3O/c20-17-5-3-4-14(8-17)19(24)23-11-15-9-22(10-16(15)12-23)13-18-6-1-2-7-21-18/h1-8,15-16H,9-13H2/t15-,16+. The minimum atomic E-state index is -0.359. The van der Waals surface area contributed by atoms with Gasteiger partial charge in [-0.05, 0) is 42.2 Å². The fourth-order valence-electron chi connectivity index (χ4n) is 3.91. The van der Waals surface area contributed by atoms with Gasteiger partial charge in [0, 0.05) is 44.5 Å². The molecule has 4 nitrogen and oxygen atoms in total. The number of amides is 1. The van der Waals surface area contributed by atoms with Crippen molar-refractivity contribution in [3.8, 4) is 0 Å². The highest BCUT2D eigenvalue weighted by Gasteiger charge is 2.41. The number of halogens is 1. The average Bonchev–Trinajstić information content (AvgIpc) is 3.13. The largest absolute Gasteiger partial charge is 0.338 e. The molecule has 0 saturated carbocycles. The summed E-state index contributed by atoms with van der Waals surface area (Å²) in [5.41, 5.74) is 1.53. The minimum Gasteiger partial charge on any atom is -0.338 e. The van der Waals surface area contributed by atoms with Crippen molar-refractivity contribution >= 4 is 5.91 Å². The van der Waals surface area contributed by atoms with Crippen LogP contribution in [0.3, 0.4) is 0 Å². The third kappa shape index (κ3) is 3.04. The molecule has 2 fully saturated rings. The number of aromatic nitrogens is 1. The number of benzene rings is 1. The third-order valence-corrected chi connectivity index (χ3v) is 5.03. The second-order valence-electron chi connectivity index (χ2n) is 6.76. The van der Waals surface area contributed by atoms with E-state index in [0.29, 0.717) is 17.4 Å². The molecule has 1 amide bonds. The number of hydrogen-bond acceptors (Lipinski definition) is 3. The predicted molar refractivity (Wildman–Crippen MR) is 88.8 cm³/mol. The van der Waals surface area contributed by atoms with Crippen molar-refractivity contribution in [2.75, 3.05) is 26.2 Å². The molecular weight excluding hydrogens is 305 g/mol. The topological polar surface area (TPSA) is 36.4 Å². The molecule has 2 atom stereocenters. The van der Waals surface area contributed by atoms with Crippen LogP contribution in [0.5, 0.6) is 0 Å². The van der Waals surface area contributed by atoms with Crippen LogP contribution in [0.4, 0.5) is 4.39 Å². The average molecular weight is 325 g/mol. The number of likely N-dealkylation sites (tertiary alicyclic amines) is 2. The number of fused-ring (bicyclic) bond motifs is 1. The Labute approximate surface area is 140 Å². The highest BCUT2D eigenvalue weighted by atomic mass is 19.1. The van der Waals surface area contributed by atoms with Crippen molar-refractivity contribution in [1.82, 2.24) is 14.8 Å². The van der Waals surface area contributed by atoms with Crippen LogP contribution in [-0.2, 0) is 6.54 Å². The zero-order chi connectivity index (χ0) is 16.5. The van der Waals surface area contributed by atoms with E-state index in [-0.39, 0.29) is 11.7 Å². The molecule has 1 aromatic heterocycles. The first kappa shape index (κ1) is 15.3. The maximum absolute atomic E-state index is 13.3. The van der Waals surface area contributed by atoms with E-state index in [4.69, 9.17) is 0 Å². The summed E-state index contributed by atoms with van der Waals surface area (Å²) in [6, 6.07) is 12.0. The van der Waals surface area contributed by atoms with E-state index >= 15 is 0 Å². The van der Waals surface area contributed by atoms with Crippen LogP contribution < -0.4 is 0 Å². The summed E-state index contributed by atoms with van der Waals surface area (Å²) in [6.07, 6.45) is 1.83. The van der Waals surface area contributed by atoms with E-state index in [1.807, 2.05) is 29.3 Å². The summed E-state index contributed by atoms with van der Waals surface area (Å²) in [7, 11) is 0. The summed E-state index contributed by atoms with van der Waals surface area (Å²) in [5.74, 6) is 0.597. The first-order valence-corrected chi connectivity index (χ1v) is 8.36. The molecule has 0 radical (unpaired) electrons. The predicted octanol–water partition coefficient (Wildman–Crippen LogP) is 2.42. The van der Waals surface area contributed by atoms with E-state index in [1.165, 1.54) is 12.1 Å². The van der Waals surface area contributed by atoms with Gasteiger partial charge in [-0.1, -0.05) is 12.1 Å². The van der Waals surface area contributed by atoms with Crippen LogP contribution in [0.2, 0.25) is 0 Å². The molecule has 2 saturated heterocycles. The lowest BCUT2D eigenvalue weighted by molar-refractivity contribution is 0.0773. The molecule has 1 aromatic carbocycles. The fraction of sp³-hybridized carbons (Fsp3) is 0.368. The molecule has 2 aliphatic heterocycles. The molecule has 24 heavy (non-hydrogen) atoms. The fourth-order valence-corrected chi connectivity index (χ4v) is 3.91. The van der Waals surface area contributed by atoms with Crippen molar-refractivity contribution in [3.05, 3.63) is 65.7 Å². The van der Waals surface area contributed by atoms with Crippen LogP contribution >= 0.6 is 0 Å². The van der Waals surface area contributed by atoms with Gasteiger partial charge >= 0.3 is 0 Å². The summed E-state index contributed by atoms with van der Waals surface area (Å²) in [4.78, 5) is 21.2. The normalized spacial score (nSPS) is 23.5. The van der Waals surface area contributed by atoms with Gasteiger partial charge in [0.2, 0.25) is 0 Å². The Hall–Kier alpha value is -2.27. The second kappa shape index (κ2) is 6.32. The van der Waals surface area contributed by atoms with E-state index < -0.39 is 0 Å². The van der Waals surface area contributed by atoms with E-state index in [2.05, 4.69) is 9.88 Å². The van der Waals surface area contributed by atoms with Gasteiger partial charge in [-0.3, -0.25) is 14.7 Å². The number of carbonyl (C=O) groups excluding carboxylic acids is 1. The van der Waals surface area contributed by atoms with Crippen molar-refractivity contribution < 1.29 is 9.18 Å². The van der Waals surface area contributed by atoms with Gasteiger partial charge in [-0.25, -0.2) is 4.39 Å². The number of carbonyl (C=O) groups is 1. The lowest BCUT2D eigenvalue weighted by Gasteiger charge is -2.21. The van der Waals surface area contributed by atoms with Gasteiger partial charge in [-0.15, -0.1) is 0 Å². The molecule has 2 aromatic rings. The molecule has 2 aliphatic rings. The van der Waals surface area contributed by atoms with E-state index in [0.717, 1.165) is 38.4 Å².